The first-order valence-corrected chi connectivity index (χ1v) is 7.20. The van der Waals surface area contributed by atoms with Crippen LogP contribution in [0.15, 0.2) is 6.07 Å². The first kappa shape index (κ1) is 14.1. The number of nitriles is 1. The van der Waals surface area contributed by atoms with Gasteiger partial charge in [0.25, 0.3) is 0 Å². The number of hydrogen-bond acceptors (Lipinski definition) is 3. The van der Waals surface area contributed by atoms with Crippen LogP contribution in [0.2, 0.25) is 0 Å². The SMILES string of the molecule is Cc1c(CNCCN2CCCCC2)cc(C#N)n1C. The molecule has 1 fully saturated rings. The van der Waals surface area contributed by atoms with Crippen molar-refractivity contribution in [1.29, 1.82) is 5.26 Å². The number of nitrogens with zero attached hydrogens (tertiary/aromatic N) is 3. The second-order valence-electron chi connectivity index (χ2n) is 5.39. The Labute approximate surface area is 116 Å². The van der Waals surface area contributed by atoms with Gasteiger partial charge in [-0.2, -0.15) is 5.26 Å². The van der Waals surface area contributed by atoms with Gasteiger partial charge in [-0.05, 0) is 44.5 Å². The predicted molar refractivity (Wildman–Crippen MR) is 76.9 cm³/mol. The highest BCUT2D eigenvalue weighted by molar-refractivity contribution is 5.33. The second kappa shape index (κ2) is 6.74. The lowest BCUT2D eigenvalue weighted by atomic mass is 10.1. The van der Waals surface area contributed by atoms with Gasteiger partial charge in [0.2, 0.25) is 0 Å². The van der Waals surface area contributed by atoms with Gasteiger partial charge in [-0.3, -0.25) is 0 Å². The highest BCUT2D eigenvalue weighted by Crippen LogP contribution is 2.13. The number of rotatable bonds is 5. The van der Waals surface area contributed by atoms with E-state index in [0.717, 1.165) is 25.3 Å². The van der Waals surface area contributed by atoms with Crippen molar-refractivity contribution < 1.29 is 0 Å². The summed E-state index contributed by atoms with van der Waals surface area (Å²) in [6, 6.07) is 4.21. The Morgan fingerprint density at radius 1 is 1.32 bits per heavy atom. The number of likely N-dealkylation sites (tertiary alicyclic amines) is 1. The van der Waals surface area contributed by atoms with Crippen LogP contribution in [0, 0.1) is 18.3 Å². The van der Waals surface area contributed by atoms with Crippen LogP contribution < -0.4 is 5.32 Å². The fourth-order valence-corrected chi connectivity index (χ4v) is 2.69. The van der Waals surface area contributed by atoms with E-state index in [-0.39, 0.29) is 0 Å². The Kier molecular flexibility index (Phi) is 5.00. The fourth-order valence-electron chi connectivity index (χ4n) is 2.69. The van der Waals surface area contributed by atoms with Crippen molar-refractivity contribution in [3.8, 4) is 6.07 Å². The molecule has 0 bridgehead atoms. The Balaban J connectivity index is 1.75. The van der Waals surface area contributed by atoms with Gasteiger partial charge < -0.3 is 14.8 Å². The van der Waals surface area contributed by atoms with Crippen molar-refractivity contribution in [3.05, 3.63) is 23.0 Å². The van der Waals surface area contributed by atoms with Gasteiger partial charge in [-0.25, -0.2) is 0 Å². The van der Waals surface area contributed by atoms with Crippen molar-refractivity contribution >= 4 is 0 Å². The van der Waals surface area contributed by atoms with E-state index in [1.54, 1.807) is 0 Å². The van der Waals surface area contributed by atoms with Crippen LogP contribution >= 0.6 is 0 Å². The average molecular weight is 260 g/mol. The van der Waals surface area contributed by atoms with Gasteiger partial charge in [0.1, 0.15) is 11.8 Å². The van der Waals surface area contributed by atoms with Gasteiger partial charge in [0, 0.05) is 32.4 Å². The highest BCUT2D eigenvalue weighted by atomic mass is 15.1. The Bertz CT molecular complexity index is 449. The molecule has 4 nitrogen and oxygen atoms in total. The third kappa shape index (κ3) is 3.59. The topological polar surface area (TPSA) is 44.0 Å². The molecule has 1 aliphatic rings. The molecule has 1 N–H and O–H groups in total. The van der Waals surface area contributed by atoms with Gasteiger partial charge in [0.05, 0.1) is 0 Å². The van der Waals surface area contributed by atoms with Gasteiger partial charge >= 0.3 is 0 Å². The maximum Gasteiger partial charge on any atom is 0.120 e. The van der Waals surface area contributed by atoms with E-state index in [4.69, 9.17) is 5.26 Å². The Morgan fingerprint density at radius 3 is 2.68 bits per heavy atom. The van der Waals surface area contributed by atoms with Gasteiger partial charge in [0.15, 0.2) is 0 Å². The Morgan fingerprint density at radius 2 is 2.05 bits per heavy atom. The summed E-state index contributed by atoms with van der Waals surface area (Å²) in [4.78, 5) is 2.54. The second-order valence-corrected chi connectivity index (χ2v) is 5.39. The van der Waals surface area contributed by atoms with E-state index in [9.17, 15) is 0 Å². The van der Waals surface area contributed by atoms with Gasteiger partial charge in [-0.15, -0.1) is 0 Å². The van der Waals surface area contributed by atoms with E-state index in [1.807, 2.05) is 17.7 Å². The molecule has 0 atom stereocenters. The minimum Gasteiger partial charge on any atom is -0.340 e. The van der Waals surface area contributed by atoms with Crippen molar-refractivity contribution in [2.45, 2.75) is 32.7 Å². The lowest BCUT2D eigenvalue weighted by Crippen LogP contribution is -2.35. The molecule has 0 radical (unpaired) electrons. The van der Waals surface area contributed by atoms with Crippen molar-refractivity contribution in [2.75, 3.05) is 26.2 Å². The largest absolute Gasteiger partial charge is 0.340 e. The minimum atomic E-state index is 0.741. The van der Waals surface area contributed by atoms with Gasteiger partial charge in [-0.1, -0.05) is 6.42 Å². The summed E-state index contributed by atoms with van der Waals surface area (Å²) < 4.78 is 1.96. The molecule has 19 heavy (non-hydrogen) atoms. The molecule has 0 aromatic carbocycles. The number of piperidine rings is 1. The van der Waals surface area contributed by atoms with E-state index < -0.39 is 0 Å². The summed E-state index contributed by atoms with van der Waals surface area (Å²) in [5.41, 5.74) is 3.16. The molecule has 4 heteroatoms. The normalized spacial score (nSPS) is 16.5. The zero-order valence-electron chi connectivity index (χ0n) is 12.1. The van der Waals surface area contributed by atoms with E-state index in [1.165, 1.54) is 43.6 Å². The Hall–Kier alpha value is -1.31. The van der Waals surface area contributed by atoms with E-state index in [0.29, 0.717) is 0 Å². The summed E-state index contributed by atoms with van der Waals surface area (Å²) in [6.07, 6.45) is 4.09. The molecular formula is C15H24N4. The molecule has 1 aromatic heterocycles. The molecule has 0 spiro atoms. The predicted octanol–water partition coefficient (Wildman–Crippen LogP) is 1.78. The van der Waals surface area contributed by atoms with Crippen LogP contribution in [0.5, 0.6) is 0 Å². The quantitative estimate of drug-likeness (QED) is 0.821. The number of nitrogens with one attached hydrogen (secondary N) is 1. The molecule has 1 aliphatic heterocycles. The van der Waals surface area contributed by atoms with Crippen LogP contribution in [0.3, 0.4) is 0 Å². The lowest BCUT2D eigenvalue weighted by Gasteiger charge is -2.26. The summed E-state index contributed by atoms with van der Waals surface area (Å²) in [5, 5.41) is 12.5. The lowest BCUT2D eigenvalue weighted by molar-refractivity contribution is 0.229. The maximum atomic E-state index is 9.00. The monoisotopic (exact) mass is 260 g/mol. The number of hydrogen-bond donors (Lipinski definition) is 1. The minimum absolute atomic E-state index is 0.741. The zero-order chi connectivity index (χ0) is 13.7. The smallest absolute Gasteiger partial charge is 0.120 e. The molecule has 0 amide bonds. The van der Waals surface area contributed by atoms with Crippen LogP contribution in [-0.4, -0.2) is 35.6 Å². The first-order chi connectivity index (χ1) is 9.22. The molecule has 0 aliphatic carbocycles. The van der Waals surface area contributed by atoms with Crippen molar-refractivity contribution in [1.82, 2.24) is 14.8 Å². The summed E-state index contributed by atoms with van der Waals surface area (Å²) in [7, 11) is 1.95. The molecule has 1 saturated heterocycles. The first-order valence-electron chi connectivity index (χ1n) is 7.20. The standard InChI is InChI=1S/C15H24N4/c1-13-14(10-15(11-16)18(13)2)12-17-6-9-19-7-4-3-5-8-19/h10,17H,3-9,12H2,1-2H3. The summed E-state index contributed by atoms with van der Waals surface area (Å²) >= 11 is 0. The third-order valence-electron chi connectivity index (χ3n) is 4.12. The molecule has 104 valence electrons. The molecule has 2 rings (SSSR count). The molecular weight excluding hydrogens is 236 g/mol. The maximum absolute atomic E-state index is 9.00. The van der Waals surface area contributed by atoms with Crippen LogP contribution in [0.1, 0.15) is 36.2 Å². The van der Waals surface area contributed by atoms with Crippen LogP contribution in [0.4, 0.5) is 0 Å². The molecule has 2 heterocycles. The van der Waals surface area contributed by atoms with Crippen molar-refractivity contribution in [3.63, 3.8) is 0 Å². The van der Waals surface area contributed by atoms with E-state index in [2.05, 4.69) is 23.2 Å². The average Bonchev–Trinajstić information content (AvgIpc) is 2.72. The van der Waals surface area contributed by atoms with E-state index >= 15 is 0 Å². The fraction of sp³-hybridized carbons (Fsp3) is 0.667. The zero-order valence-corrected chi connectivity index (χ0v) is 12.1. The molecule has 0 saturated carbocycles. The van der Waals surface area contributed by atoms with Crippen LogP contribution in [0.25, 0.3) is 0 Å². The molecule has 0 unspecified atom stereocenters. The number of aromatic nitrogens is 1. The third-order valence-corrected chi connectivity index (χ3v) is 4.12. The summed E-state index contributed by atoms with van der Waals surface area (Å²) in [6.45, 7) is 7.60. The summed E-state index contributed by atoms with van der Waals surface area (Å²) in [5.74, 6) is 0. The van der Waals surface area contributed by atoms with Crippen molar-refractivity contribution in [2.24, 2.45) is 7.05 Å². The molecule has 1 aromatic rings. The van der Waals surface area contributed by atoms with Crippen LogP contribution in [-0.2, 0) is 13.6 Å². The highest BCUT2D eigenvalue weighted by Gasteiger charge is 2.10.